The van der Waals surface area contributed by atoms with Gasteiger partial charge in [-0.25, -0.2) is 0 Å². The smallest absolute Gasteiger partial charge is 0.106 e. The van der Waals surface area contributed by atoms with E-state index in [0.29, 0.717) is 13.2 Å². The van der Waals surface area contributed by atoms with Crippen molar-refractivity contribution in [2.45, 2.75) is 64.6 Å². The predicted molar refractivity (Wildman–Crippen MR) is 107 cm³/mol. The van der Waals surface area contributed by atoms with E-state index in [2.05, 4.69) is 62.4 Å². The zero-order chi connectivity index (χ0) is 18.2. The molecule has 2 aromatic rings. The molecule has 1 aliphatic rings. The van der Waals surface area contributed by atoms with Crippen LogP contribution in [0.2, 0.25) is 0 Å². The van der Waals surface area contributed by atoms with Crippen molar-refractivity contribution in [1.29, 1.82) is 0 Å². The number of unbranched alkanes of at least 4 members (excludes halogenated alkanes) is 2. The van der Waals surface area contributed by atoms with Crippen molar-refractivity contribution in [3.8, 4) is 0 Å². The lowest BCUT2D eigenvalue weighted by molar-refractivity contribution is -0.137. The molecule has 2 nitrogen and oxygen atoms in total. The summed E-state index contributed by atoms with van der Waals surface area (Å²) in [6, 6.07) is 17.7. The molecule has 140 valence electrons. The second-order valence-corrected chi connectivity index (χ2v) is 7.33. The van der Waals surface area contributed by atoms with Crippen LogP contribution < -0.4 is 0 Å². The molecule has 0 spiro atoms. The highest BCUT2D eigenvalue weighted by molar-refractivity contribution is 5.26. The third-order valence-electron chi connectivity index (χ3n) is 5.21. The summed E-state index contributed by atoms with van der Waals surface area (Å²) < 4.78 is 12.2. The third kappa shape index (κ3) is 5.18. The Morgan fingerprint density at radius 2 is 1.15 bits per heavy atom. The molecule has 1 fully saturated rings. The molecule has 0 N–H and O–H groups in total. The molecule has 2 heteroatoms. The fourth-order valence-electron chi connectivity index (χ4n) is 3.55. The fourth-order valence-corrected chi connectivity index (χ4v) is 3.55. The van der Waals surface area contributed by atoms with Crippen LogP contribution in [0.15, 0.2) is 48.5 Å². The molecule has 2 aromatic carbocycles. The van der Waals surface area contributed by atoms with Gasteiger partial charge < -0.3 is 9.47 Å². The second kappa shape index (κ2) is 9.89. The van der Waals surface area contributed by atoms with E-state index in [-0.39, 0.29) is 12.2 Å². The van der Waals surface area contributed by atoms with Crippen molar-refractivity contribution in [2.75, 3.05) is 13.2 Å². The minimum Gasteiger partial charge on any atom is -0.368 e. The first-order chi connectivity index (χ1) is 12.8. The molecule has 1 aliphatic heterocycles. The minimum atomic E-state index is 0.0512. The molecule has 0 saturated carbocycles. The monoisotopic (exact) mass is 352 g/mol. The van der Waals surface area contributed by atoms with Crippen LogP contribution in [-0.2, 0) is 22.3 Å². The maximum Gasteiger partial charge on any atom is 0.106 e. The Morgan fingerprint density at radius 3 is 1.58 bits per heavy atom. The molecule has 26 heavy (non-hydrogen) atoms. The van der Waals surface area contributed by atoms with Crippen LogP contribution in [0.5, 0.6) is 0 Å². The molecule has 0 radical (unpaired) electrons. The lowest BCUT2D eigenvalue weighted by atomic mass is 10.0. The van der Waals surface area contributed by atoms with Gasteiger partial charge in [0.05, 0.1) is 13.2 Å². The van der Waals surface area contributed by atoms with Gasteiger partial charge in [0.1, 0.15) is 12.2 Å². The van der Waals surface area contributed by atoms with Gasteiger partial charge in [0.15, 0.2) is 0 Å². The summed E-state index contributed by atoms with van der Waals surface area (Å²) in [4.78, 5) is 0. The Hall–Kier alpha value is -1.64. The minimum absolute atomic E-state index is 0.0512. The Labute approximate surface area is 158 Å². The molecule has 0 unspecified atom stereocenters. The second-order valence-electron chi connectivity index (χ2n) is 7.33. The van der Waals surface area contributed by atoms with E-state index in [1.807, 2.05) is 0 Å². The van der Waals surface area contributed by atoms with Crippen LogP contribution in [0, 0.1) is 0 Å². The first-order valence-electron chi connectivity index (χ1n) is 10.2. The number of ether oxygens (including phenoxy) is 2. The highest BCUT2D eigenvalue weighted by atomic mass is 16.6. The SMILES string of the molecule is CCCCCc1ccc([C@H]2CO[C@H](c3ccc(CCC)cc3)CO2)cc1. The van der Waals surface area contributed by atoms with Crippen LogP contribution in [0.1, 0.15) is 74.0 Å². The van der Waals surface area contributed by atoms with Crippen molar-refractivity contribution >= 4 is 0 Å². The van der Waals surface area contributed by atoms with Crippen molar-refractivity contribution < 1.29 is 9.47 Å². The number of rotatable bonds is 8. The molecule has 0 bridgehead atoms. The van der Waals surface area contributed by atoms with Crippen molar-refractivity contribution in [3.63, 3.8) is 0 Å². The molecule has 0 aliphatic carbocycles. The van der Waals surface area contributed by atoms with Gasteiger partial charge in [0.2, 0.25) is 0 Å². The van der Waals surface area contributed by atoms with Gasteiger partial charge in [-0.2, -0.15) is 0 Å². The average molecular weight is 353 g/mol. The number of aryl methyl sites for hydroxylation is 2. The zero-order valence-corrected chi connectivity index (χ0v) is 16.2. The summed E-state index contributed by atoms with van der Waals surface area (Å²) in [5.74, 6) is 0. The molecule has 0 aromatic heterocycles. The Kier molecular flexibility index (Phi) is 7.28. The summed E-state index contributed by atoms with van der Waals surface area (Å²) in [7, 11) is 0. The van der Waals surface area contributed by atoms with E-state index < -0.39 is 0 Å². The van der Waals surface area contributed by atoms with Crippen molar-refractivity contribution in [2.24, 2.45) is 0 Å². The summed E-state index contributed by atoms with van der Waals surface area (Å²) in [5.41, 5.74) is 5.25. The third-order valence-corrected chi connectivity index (χ3v) is 5.21. The van der Waals surface area contributed by atoms with E-state index in [4.69, 9.17) is 9.47 Å². The summed E-state index contributed by atoms with van der Waals surface area (Å²) in [6.07, 6.45) is 7.45. The van der Waals surface area contributed by atoms with Crippen molar-refractivity contribution in [3.05, 3.63) is 70.8 Å². The molecule has 1 saturated heterocycles. The lowest BCUT2D eigenvalue weighted by Gasteiger charge is -2.30. The Morgan fingerprint density at radius 1 is 0.654 bits per heavy atom. The van der Waals surface area contributed by atoms with Gasteiger partial charge in [0.25, 0.3) is 0 Å². The van der Waals surface area contributed by atoms with E-state index >= 15 is 0 Å². The summed E-state index contributed by atoms with van der Waals surface area (Å²) in [5, 5.41) is 0. The summed E-state index contributed by atoms with van der Waals surface area (Å²) >= 11 is 0. The predicted octanol–water partition coefficient (Wildman–Crippen LogP) is 6.20. The highest BCUT2D eigenvalue weighted by Gasteiger charge is 2.24. The van der Waals surface area contributed by atoms with E-state index in [1.54, 1.807) is 0 Å². The largest absolute Gasteiger partial charge is 0.368 e. The first-order valence-corrected chi connectivity index (χ1v) is 10.2. The molecular formula is C24H32O2. The van der Waals surface area contributed by atoms with Gasteiger partial charge in [0, 0.05) is 0 Å². The van der Waals surface area contributed by atoms with Gasteiger partial charge in [-0.1, -0.05) is 81.6 Å². The number of hydrogen-bond donors (Lipinski definition) is 0. The van der Waals surface area contributed by atoms with Crippen LogP contribution in [0.3, 0.4) is 0 Å². The normalized spacial score (nSPS) is 20.2. The van der Waals surface area contributed by atoms with E-state index in [1.165, 1.54) is 54.4 Å². The summed E-state index contributed by atoms with van der Waals surface area (Å²) in [6.45, 7) is 5.70. The number of benzene rings is 2. The van der Waals surface area contributed by atoms with Crippen LogP contribution in [0.25, 0.3) is 0 Å². The lowest BCUT2D eigenvalue weighted by Crippen LogP contribution is -2.25. The van der Waals surface area contributed by atoms with Crippen LogP contribution in [0.4, 0.5) is 0 Å². The maximum atomic E-state index is 6.12. The Bertz CT molecular complexity index is 637. The van der Waals surface area contributed by atoms with Crippen LogP contribution in [-0.4, -0.2) is 13.2 Å². The number of hydrogen-bond acceptors (Lipinski definition) is 2. The van der Waals surface area contributed by atoms with Crippen molar-refractivity contribution in [1.82, 2.24) is 0 Å². The molecular weight excluding hydrogens is 320 g/mol. The van der Waals surface area contributed by atoms with Crippen LogP contribution >= 0.6 is 0 Å². The topological polar surface area (TPSA) is 18.5 Å². The molecule has 2 atom stereocenters. The van der Waals surface area contributed by atoms with Gasteiger partial charge in [-0.05, 0) is 41.5 Å². The molecule has 3 rings (SSSR count). The first kappa shape index (κ1) is 19.1. The Balaban J connectivity index is 1.51. The van der Waals surface area contributed by atoms with Gasteiger partial charge in [-0.3, -0.25) is 0 Å². The van der Waals surface area contributed by atoms with Gasteiger partial charge in [-0.15, -0.1) is 0 Å². The average Bonchev–Trinajstić information content (AvgIpc) is 2.70. The van der Waals surface area contributed by atoms with E-state index in [9.17, 15) is 0 Å². The molecule has 1 heterocycles. The van der Waals surface area contributed by atoms with E-state index in [0.717, 1.165) is 6.42 Å². The standard InChI is InChI=1S/C24H32O2/c1-3-5-6-8-20-11-15-22(16-12-20)24-18-25-23(17-26-24)21-13-9-19(7-4-2)10-14-21/h9-16,23-24H,3-8,17-18H2,1-2H3/t23-,24+/m0/s1. The maximum absolute atomic E-state index is 6.12. The zero-order valence-electron chi connectivity index (χ0n) is 16.2. The van der Waals surface area contributed by atoms with Gasteiger partial charge >= 0.3 is 0 Å². The molecule has 0 amide bonds. The highest BCUT2D eigenvalue weighted by Crippen LogP contribution is 2.30. The quantitative estimate of drug-likeness (QED) is 0.527. The fraction of sp³-hybridized carbons (Fsp3) is 0.500.